The third kappa shape index (κ3) is 5.75. The standard InChI is InChI=1S/C17H26O.C11H15ClO.C5H11N/c18-16(8-12-3-1-2-4-12)17-9-13-5-14(10-17)7-15(6-13)11-17;12-10(13)11-4-7-1-8(5-11)3-9(2-7)6-11;6-5-3-1-2-4-5/h12-15H,1-11H2;7-9H,1-6H2;5H,1-4,6H2. The summed E-state index contributed by atoms with van der Waals surface area (Å²) in [7, 11) is 0. The first-order chi connectivity index (χ1) is 17.8. The zero-order valence-corrected chi connectivity index (χ0v) is 24.0. The van der Waals surface area contributed by atoms with Crippen molar-refractivity contribution in [2.45, 2.75) is 141 Å². The molecule has 4 heteroatoms. The van der Waals surface area contributed by atoms with Crippen LogP contribution in [0.2, 0.25) is 0 Å². The molecule has 0 aliphatic heterocycles. The third-order valence-electron chi connectivity index (χ3n) is 12.4. The average Bonchev–Trinajstić information content (AvgIpc) is 3.52. The van der Waals surface area contributed by atoms with E-state index in [2.05, 4.69) is 0 Å². The second-order valence-electron chi connectivity index (χ2n) is 15.5. The summed E-state index contributed by atoms with van der Waals surface area (Å²) in [5.41, 5.74) is 5.64. The van der Waals surface area contributed by atoms with Crippen molar-refractivity contribution in [2.24, 2.45) is 58.0 Å². The Bertz CT molecular complexity index is 769. The number of rotatable bonds is 4. The van der Waals surface area contributed by atoms with Gasteiger partial charge in [0.15, 0.2) is 0 Å². The predicted octanol–water partition coefficient (Wildman–Crippen LogP) is 8.21. The molecule has 0 aromatic carbocycles. The minimum absolute atomic E-state index is 0.0356. The minimum Gasteiger partial charge on any atom is -0.328 e. The van der Waals surface area contributed by atoms with E-state index in [-0.39, 0.29) is 16.1 Å². The molecule has 0 amide bonds. The lowest BCUT2D eigenvalue weighted by Crippen LogP contribution is -2.50. The number of hydrogen-bond donors (Lipinski definition) is 1. The van der Waals surface area contributed by atoms with Crippen molar-refractivity contribution in [2.75, 3.05) is 0 Å². The molecule has 2 N–H and O–H groups in total. The van der Waals surface area contributed by atoms with Gasteiger partial charge in [-0.3, -0.25) is 9.59 Å². The number of halogens is 1. The van der Waals surface area contributed by atoms with Crippen molar-refractivity contribution in [1.29, 1.82) is 0 Å². The maximum Gasteiger partial charge on any atom is 0.227 e. The average molecular weight is 530 g/mol. The summed E-state index contributed by atoms with van der Waals surface area (Å²) >= 11 is 5.76. The summed E-state index contributed by atoms with van der Waals surface area (Å²) in [6, 6.07) is 0.546. The largest absolute Gasteiger partial charge is 0.328 e. The van der Waals surface area contributed by atoms with E-state index in [0.717, 1.165) is 67.1 Å². The Morgan fingerprint density at radius 3 is 1.27 bits per heavy atom. The lowest BCUT2D eigenvalue weighted by Gasteiger charge is -2.56. The van der Waals surface area contributed by atoms with Crippen LogP contribution < -0.4 is 5.73 Å². The van der Waals surface area contributed by atoms with Crippen molar-refractivity contribution in [3.8, 4) is 0 Å². The monoisotopic (exact) mass is 529 g/mol. The van der Waals surface area contributed by atoms with Crippen LogP contribution in [0, 0.1) is 52.3 Å². The minimum atomic E-state index is -0.0731. The molecule has 10 rings (SSSR count). The van der Waals surface area contributed by atoms with Gasteiger partial charge >= 0.3 is 0 Å². The SMILES string of the molecule is NC1CCCC1.O=C(CC1CCCC1)C12CC3CC(CC(C3)C1)C2.O=C(Cl)C12CC3CC(CC(C3)C1)C2. The van der Waals surface area contributed by atoms with Gasteiger partial charge in [-0.05, 0) is 143 Å². The highest BCUT2D eigenvalue weighted by Crippen LogP contribution is 2.62. The molecule has 0 saturated heterocycles. The van der Waals surface area contributed by atoms with Gasteiger partial charge in [0, 0.05) is 23.3 Å². The summed E-state index contributed by atoms with van der Waals surface area (Å²) < 4.78 is 0. The van der Waals surface area contributed by atoms with Gasteiger partial charge in [0.05, 0.1) is 0 Å². The molecular weight excluding hydrogens is 478 g/mol. The molecule has 0 radical (unpaired) electrons. The highest BCUT2D eigenvalue weighted by atomic mass is 35.5. The lowest BCUT2D eigenvalue weighted by atomic mass is 9.48. The zero-order valence-electron chi connectivity index (χ0n) is 23.2. The van der Waals surface area contributed by atoms with E-state index in [1.54, 1.807) is 0 Å². The summed E-state index contributed by atoms with van der Waals surface area (Å²) in [5, 5.41) is -0.0356. The Morgan fingerprint density at radius 1 is 0.595 bits per heavy atom. The van der Waals surface area contributed by atoms with Crippen molar-refractivity contribution in [3.05, 3.63) is 0 Å². The lowest BCUT2D eigenvalue weighted by molar-refractivity contribution is -0.144. The zero-order chi connectivity index (χ0) is 25.6. The first-order valence-corrected chi connectivity index (χ1v) is 16.7. The molecule has 10 fully saturated rings. The van der Waals surface area contributed by atoms with Crippen LogP contribution in [0.1, 0.15) is 135 Å². The molecule has 0 aromatic heterocycles. The fraction of sp³-hybridized carbons (Fsp3) is 0.939. The number of carbonyl (C=O) groups excluding carboxylic acids is 2. The van der Waals surface area contributed by atoms with E-state index in [1.165, 1.54) is 109 Å². The molecule has 0 unspecified atom stereocenters. The molecule has 10 aliphatic rings. The van der Waals surface area contributed by atoms with Crippen molar-refractivity contribution in [3.63, 3.8) is 0 Å². The number of Topliss-reactive ketones (excluding diaryl/α,β-unsaturated/α-hetero) is 1. The maximum absolute atomic E-state index is 12.9. The van der Waals surface area contributed by atoms with Gasteiger partial charge in [-0.1, -0.05) is 38.5 Å². The van der Waals surface area contributed by atoms with Gasteiger partial charge < -0.3 is 5.73 Å². The highest BCUT2D eigenvalue weighted by molar-refractivity contribution is 6.64. The normalized spacial score (nSPS) is 45.4. The highest BCUT2D eigenvalue weighted by Gasteiger charge is 2.55. The molecule has 3 nitrogen and oxygen atoms in total. The molecule has 0 aromatic rings. The van der Waals surface area contributed by atoms with Gasteiger partial charge in [0.2, 0.25) is 5.24 Å². The maximum atomic E-state index is 12.9. The Hall–Kier alpha value is -0.410. The molecule has 208 valence electrons. The van der Waals surface area contributed by atoms with Crippen molar-refractivity contribution in [1.82, 2.24) is 0 Å². The number of carbonyl (C=O) groups is 2. The Morgan fingerprint density at radius 2 is 0.946 bits per heavy atom. The fourth-order valence-corrected chi connectivity index (χ4v) is 11.7. The predicted molar refractivity (Wildman–Crippen MR) is 150 cm³/mol. The van der Waals surface area contributed by atoms with Crippen molar-refractivity contribution >= 4 is 22.6 Å². The summed E-state index contributed by atoms with van der Waals surface area (Å²) in [6.45, 7) is 0. The van der Waals surface area contributed by atoms with Crippen LogP contribution in [-0.4, -0.2) is 17.1 Å². The second kappa shape index (κ2) is 10.9. The van der Waals surface area contributed by atoms with E-state index in [9.17, 15) is 9.59 Å². The molecule has 8 bridgehead atoms. The van der Waals surface area contributed by atoms with Gasteiger partial charge in [-0.2, -0.15) is 0 Å². The van der Waals surface area contributed by atoms with E-state index < -0.39 is 0 Å². The summed E-state index contributed by atoms with van der Waals surface area (Å²) in [6.07, 6.45) is 27.2. The van der Waals surface area contributed by atoms with Crippen LogP contribution in [0.4, 0.5) is 0 Å². The molecule has 10 aliphatic carbocycles. The van der Waals surface area contributed by atoms with Crippen LogP contribution in [0.15, 0.2) is 0 Å². The van der Waals surface area contributed by atoms with E-state index >= 15 is 0 Å². The molecular formula is C33H52ClNO2. The van der Waals surface area contributed by atoms with Gasteiger partial charge in [-0.15, -0.1) is 0 Å². The third-order valence-corrected chi connectivity index (χ3v) is 12.8. The van der Waals surface area contributed by atoms with Crippen molar-refractivity contribution < 1.29 is 9.59 Å². The molecule has 37 heavy (non-hydrogen) atoms. The first-order valence-electron chi connectivity index (χ1n) is 16.3. The quantitative estimate of drug-likeness (QED) is 0.373. The Kier molecular flexibility index (Phi) is 7.87. The topological polar surface area (TPSA) is 60.2 Å². The van der Waals surface area contributed by atoms with Gasteiger partial charge in [0.1, 0.15) is 5.78 Å². The van der Waals surface area contributed by atoms with E-state index in [4.69, 9.17) is 17.3 Å². The molecule has 10 saturated carbocycles. The van der Waals surface area contributed by atoms with Gasteiger partial charge in [-0.25, -0.2) is 0 Å². The van der Waals surface area contributed by atoms with Gasteiger partial charge in [0.25, 0.3) is 0 Å². The Balaban J connectivity index is 0.000000115. The smallest absolute Gasteiger partial charge is 0.227 e. The van der Waals surface area contributed by atoms with Crippen LogP contribution >= 0.6 is 11.6 Å². The molecule has 0 heterocycles. The Labute approximate surface area is 230 Å². The number of ketones is 1. The summed E-state index contributed by atoms with van der Waals surface area (Å²) in [4.78, 5) is 24.3. The van der Waals surface area contributed by atoms with Crippen LogP contribution in [-0.2, 0) is 9.59 Å². The molecule has 0 spiro atoms. The second-order valence-corrected chi connectivity index (χ2v) is 15.8. The van der Waals surface area contributed by atoms with E-state index in [1.807, 2.05) is 0 Å². The van der Waals surface area contributed by atoms with Crippen LogP contribution in [0.3, 0.4) is 0 Å². The number of nitrogens with two attached hydrogens (primary N) is 1. The first kappa shape index (κ1) is 26.8. The van der Waals surface area contributed by atoms with Crippen LogP contribution in [0.5, 0.6) is 0 Å². The van der Waals surface area contributed by atoms with E-state index in [0.29, 0.717) is 11.8 Å². The summed E-state index contributed by atoms with van der Waals surface area (Å²) in [5.74, 6) is 6.69. The number of hydrogen-bond acceptors (Lipinski definition) is 3. The molecule has 0 atom stereocenters. The fourth-order valence-electron chi connectivity index (χ4n) is 11.5. The van der Waals surface area contributed by atoms with Crippen LogP contribution in [0.25, 0.3) is 0 Å².